The first-order chi connectivity index (χ1) is 15.9. The monoisotopic (exact) mass is 444 g/mol. The summed E-state index contributed by atoms with van der Waals surface area (Å²) < 4.78 is 0. The number of hydrogen-bond acceptors (Lipinski definition) is 3. The van der Waals surface area contributed by atoms with Crippen LogP contribution in [0.1, 0.15) is 71.3 Å². The first-order valence-corrected chi connectivity index (χ1v) is 13.7. The van der Waals surface area contributed by atoms with Gasteiger partial charge in [-0.15, -0.1) is 0 Å². The SMILES string of the molecule is C[C@H]1CC[C@H]2[C@H](CC[C@H]3C4[C@@H]5[C@H](C)[C@@H]5[C@H](C(=O)CNc5ccccc5C#N)[C@@]4(C)CC[C@H]23)C1. The van der Waals surface area contributed by atoms with Crippen molar-refractivity contribution in [1.29, 1.82) is 5.26 Å². The maximum Gasteiger partial charge on any atom is 0.155 e. The third-order valence-corrected chi connectivity index (χ3v) is 11.4. The minimum atomic E-state index is 0.186. The zero-order valence-corrected chi connectivity index (χ0v) is 20.6. The molecule has 0 amide bonds. The Balaban J connectivity index is 1.22. The molecule has 0 bridgehead atoms. The lowest BCUT2D eigenvalue weighted by atomic mass is 9.47. The Bertz CT molecular complexity index is 980. The Morgan fingerprint density at radius 2 is 1.85 bits per heavy atom. The number of hydrogen-bond donors (Lipinski definition) is 1. The van der Waals surface area contributed by atoms with Crippen LogP contribution in [0.3, 0.4) is 0 Å². The largest absolute Gasteiger partial charge is 0.377 e. The molecule has 3 nitrogen and oxygen atoms in total. The summed E-state index contributed by atoms with van der Waals surface area (Å²) in [6.45, 7) is 7.74. The molecule has 1 unspecified atom stereocenters. The summed E-state index contributed by atoms with van der Waals surface area (Å²) in [7, 11) is 0. The number of anilines is 1. The molecular formula is C30H40N2O. The third kappa shape index (κ3) is 3.23. The van der Waals surface area contributed by atoms with Gasteiger partial charge in [0.05, 0.1) is 17.8 Å². The fourth-order valence-corrected chi connectivity index (χ4v) is 10.1. The van der Waals surface area contributed by atoms with Crippen LogP contribution < -0.4 is 5.32 Å². The minimum Gasteiger partial charge on any atom is -0.377 e. The average molecular weight is 445 g/mol. The lowest BCUT2D eigenvalue weighted by Crippen LogP contribution is -2.51. The molecule has 6 rings (SSSR count). The molecule has 0 spiro atoms. The number of Topliss-reactive ketones (excluding diaryl/α,β-unsaturated/α-hetero) is 1. The van der Waals surface area contributed by atoms with E-state index in [0.717, 1.165) is 47.1 Å². The molecule has 11 atom stereocenters. The van der Waals surface area contributed by atoms with Crippen molar-refractivity contribution in [3.63, 3.8) is 0 Å². The van der Waals surface area contributed by atoms with Gasteiger partial charge < -0.3 is 5.32 Å². The molecule has 1 N–H and O–H groups in total. The first kappa shape index (κ1) is 21.7. The number of rotatable bonds is 4. The van der Waals surface area contributed by atoms with Crippen LogP contribution in [0.2, 0.25) is 0 Å². The van der Waals surface area contributed by atoms with E-state index in [1.807, 2.05) is 24.3 Å². The number of nitrogens with one attached hydrogen (secondary N) is 1. The van der Waals surface area contributed by atoms with Crippen molar-refractivity contribution >= 4 is 11.5 Å². The highest BCUT2D eigenvalue weighted by molar-refractivity contribution is 5.87. The Hall–Kier alpha value is -1.82. The van der Waals surface area contributed by atoms with Crippen molar-refractivity contribution in [2.75, 3.05) is 11.9 Å². The Kier molecular flexibility index (Phi) is 5.17. The van der Waals surface area contributed by atoms with Gasteiger partial charge >= 0.3 is 0 Å². The van der Waals surface area contributed by atoms with E-state index in [1.165, 1.54) is 44.9 Å². The second kappa shape index (κ2) is 7.86. The van der Waals surface area contributed by atoms with E-state index in [4.69, 9.17) is 0 Å². The highest BCUT2D eigenvalue weighted by atomic mass is 16.1. The molecule has 0 heterocycles. The van der Waals surface area contributed by atoms with Crippen molar-refractivity contribution in [2.24, 2.45) is 64.6 Å². The van der Waals surface area contributed by atoms with Crippen LogP contribution in [0.25, 0.3) is 0 Å². The van der Waals surface area contributed by atoms with Crippen LogP contribution in [-0.2, 0) is 4.79 Å². The number of carbonyl (C=O) groups is 1. The lowest BCUT2D eigenvalue weighted by molar-refractivity contribution is -0.132. The van der Waals surface area contributed by atoms with Crippen LogP contribution in [-0.4, -0.2) is 12.3 Å². The molecule has 5 saturated carbocycles. The molecule has 1 aromatic carbocycles. The Labute approximate surface area is 199 Å². The smallest absolute Gasteiger partial charge is 0.155 e. The highest BCUT2D eigenvalue weighted by Crippen LogP contribution is 2.76. The van der Waals surface area contributed by atoms with Gasteiger partial charge in [0.1, 0.15) is 6.07 Å². The number of benzene rings is 1. The van der Waals surface area contributed by atoms with Gasteiger partial charge in [-0.05, 0) is 109 Å². The summed E-state index contributed by atoms with van der Waals surface area (Å²) >= 11 is 0. The predicted octanol–water partition coefficient (Wildman–Crippen LogP) is 6.55. The van der Waals surface area contributed by atoms with Gasteiger partial charge in [-0.1, -0.05) is 39.3 Å². The van der Waals surface area contributed by atoms with Crippen LogP contribution in [0.4, 0.5) is 5.69 Å². The van der Waals surface area contributed by atoms with Crippen molar-refractivity contribution in [3.8, 4) is 6.07 Å². The van der Waals surface area contributed by atoms with Crippen LogP contribution >= 0.6 is 0 Å². The van der Waals surface area contributed by atoms with E-state index >= 15 is 0 Å². The van der Waals surface area contributed by atoms with Gasteiger partial charge in [0.15, 0.2) is 5.78 Å². The Morgan fingerprint density at radius 1 is 1.06 bits per heavy atom. The molecular weight excluding hydrogens is 404 g/mol. The van der Waals surface area contributed by atoms with E-state index in [1.54, 1.807) is 0 Å². The second-order valence-corrected chi connectivity index (χ2v) is 12.8. The molecule has 0 aromatic heterocycles. The molecule has 5 aliphatic rings. The zero-order valence-electron chi connectivity index (χ0n) is 20.6. The van der Waals surface area contributed by atoms with E-state index in [-0.39, 0.29) is 11.3 Å². The average Bonchev–Trinajstić information content (AvgIpc) is 3.34. The van der Waals surface area contributed by atoms with Gasteiger partial charge in [0, 0.05) is 5.92 Å². The molecule has 5 aliphatic carbocycles. The van der Waals surface area contributed by atoms with Crippen LogP contribution in [0, 0.1) is 75.9 Å². The molecule has 0 radical (unpaired) electrons. The summed E-state index contributed by atoms with van der Waals surface area (Å²) in [6.07, 6.45) is 9.84. The van der Waals surface area contributed by atoms with E-state index in [2.05, 4.69) is 32.2 Å². The number of fused-ring (bicyclic) bond motifs is 7. The van der Waals surface area contributed by atoms with Crippen molar-refractivity contribution in [1.82, 2.24) is 0 Å². The molecule has 33 heavy (non-hydrogen) atoms. The van der Waals surface area contributed by atoms with Crippen molar-refractivity contribution in [3.05, 3.63) is 29.8 Å². The second-order valence-electron chi connectivity index (χ2n) is 12.8. The number of nitrogens with zero attached hydrogens (tertiary/aromatic N) is 1. The fourth-order valence-electron chi connectivity index (χ4n) is 10.1. The van der Waals surface area contributed by atoms with Crippen LogP contribution in [0.15, 0.2) is 24.3 Å². The normalized spacial score (nSPS) is 47.3. The minimum absolute atomic E-state index is 0.186. The van der Waals surface area contributed by atoms with E-state index in [9.17, 15) is 10.1 Å². The van der Waals surface area contributed by atoms with Crippen molar-refractivity contribution in [2.45, 2.75) is 65.7 Å². The quantitative estimate of drug-likeness (QED) is 0.573. The topological polar surface area (TPSA) is 52.9 Å². The van der Waals surface area contributed by atoms with Gasteiger partial charge in [0.25, 0.3) is 0 Å². The first-order valence-electron chi connectivity index (χ1n) is 13.7. The third-order valence-electron chi connectivity index (χ3n) is 11.4. The molecule has 0 aliphatic heterocycles. The van der Waals surface area contributed by atoms with E-state index in [0.29, 0.717) is 29.7 Å². The van der Waals surface area contributed by atoms with Gasteiger partial charge in [-0.25, -0.2) is 0 Å². The maximum atomic E-state index is 13.7. The summed E-state index contributed by atoms with van der Waals surface area (Å²) in [6, 6.07) is 9.80. The molecule has 3 heteroatoms. The maximum absolute atomic E-state index is 13.7. The molecule has 1 aromatic rings. The van der Waals surface area contributed by atoms with Gasteiger partial charge in [0.2, 0.25) is 0 Å². The van der Waals surface area contributed by atoms with Gasteiger partial charge in [-0.2, -0.15) is 5.26 Å². The van der Waals surface area contributed by atoms with E-state index < -0.39 is 0 Å². The number of ketones is 1. The summed E-state index contributed by atoms with van der Waals surface area (Å²) in [5.41, 5.74) is 1.60. The predicted molar refractivity (Wildman–Crippen MR) is 131 cm³/mol. The number of carbonyl (C=O) groups excluding carboxylic acids is 1. The lowest BCUT2D eigenvalue weighted by Gasteiger charge is -2.57. The molecule has 0 saturated heterocycles. The molecule has 176 valence electrons. The zero-order chi connectivity index (χ0) is 22.9. The summed E-state index contributed by atoms with van der Waals surface area (Å²) in [5.74, 6) is 8.12. The fraction of sp³-hybridized carbons (Fsp3) is 0.733. The number of nitriles is 1. The highest BCUT2D eigenvalue weighted by Gasteiger charge is 2.73. The van der Waals surface area contributed by atoms with Gasteiger partial charge in [-0.3, -0.25) is 4.79 Å². The van der Waals surface area contributed by atoms with Crippen LogP contribution in [0.5, 0.6) is 0 Å². The van der Waals surface area contributed by atoms with Crippen molar-refractivity contribution < 1.29 is 4.79 Å². The summed E-state index contributed by atoms with van der Waals surface area (Å²) in [5, 5.41) is 12.7. The molecule has 5 fully saturated rings. The Morgan fingerprint density at radius 3 is 2.67 bits per heavy atom. The summed E-state index contributed by atoms with van der Waals surface area (Å²) in [4.78, 5) is 13.7. The number of para-hydroxylation sites is 1. The standard InChI is InChI=1S/C30H40N2O/c1-17-8-10-21-19(14-17)9-11-23-22(21)12-13-30(3)28(23)26-18(2)27(26)29(30)25(33)16-32-24-7-5-4-6-20(24)15-31/h4-7,17-19,21-23,26-29,32H,8-14,16H2,1-3H3/t17-,18-,19+,21-,22+,23+,26+,27-,28?,29-,30-/m0/s1.